The highest BCUT2D eigenvalue weighted by atomic mass is 32.1. The number of nitrogens with zero attached hydrogens (tertiary/aromatic N) is 1. The largest absolute Gasteiger partial charge is 0.464 e. The summed E-state index contributed by atoms with van der Waals surface area (Å²) in [6.07, 6.45) is 0. The number of benzene rings is 1. The lowest BCUT2D eigenvalue weighted by Crippen LogP contribution is -2.04. The minimum atomic E-state index is -0.391. The van der Waals surface area contributed by atoms with Gasteiger partial charge in [0.05, 0.1) is 7.11 Å². The van der Waals surface area contributed by atoms with Crippen LogP contribution in [0.25, 0.3) is 0 Å². The number of carbonyl (C=O) groups excluding carboxylic acids is 1. The lowest BCUT2D eigenvalue weighted by Gasteiger charge is -2.05. The predicted molar refractivity (Wildman–Crippen MR) is 76.7 cm³/mol. The summed E-state index contributed by atoms with van der Waals surface area (Å²) in [5, 5.41) is 3.98. The zero-order valence-corrected chi connectivity index (χ0v) is 12.0. The zero-order chi connectivity index (χ0) is 13.8. The molecule has 0 aliphatic heterocycles. The lowest BCUT2D eigenvalue weighted by molar-refractivity contribution is 0.0594. The van der Waals surface area contributed by atoms with Crippen LogP contribution in [-0.4, -0.2) is 18.1 Å². The average molecular weight is 276 g/mol. The van der Waals surface area contributed by atoms with Crippen molar-refractivity contribution in [2.24, 2.45) is 0 Å². The van der Waals surface area contributed by atoms with E-state index in [9.17, 15) is 4.79 Å². The van der Waals surface area contributed by atoms with Crippen LogP contribution in [0.15, 0.2) is 24.3 Å². The molecule has 4 nitrogen and oxygen atoms in total. The van der Waals surface area contributed by atoms with Crippen molar-refractivity contribution in [1.82, 2.24) is 4.98 Å². The summed E-state index contributed by atoms with van der Waals surface area (Å²) in [4.78, 5) is 16.6. The van der Waals surface area contributed by atoms with Crippen molar-refractivity contribution in [1.29, 1.82) is 0 Å². The van der Waals surface area contributed by atoms with Gasteiger partial charge in [0, 0.05) is 11.4 Å². The molecule has 0 atom stereocenters. The number of nitrogens with one attached hydrogen (secondary N) is 1. The van der Waals surface area contributed by atoms with Crippen molar-refractivity contribution >= 4 is 22.4 Å². The molecule has 0 amide bonds. The molecule has 1 N–H and O–H groups in total. The van der Waals surface area contributed by atoms with Crippen LogP contribution in [0.2, 0.25) is 0 Å². The topological polar surface area (TPSA) is 51.2 Å². The Kier molecular flexibility index (Phi) is 4.16. The average Bonchev–Trinajstić information content (AvgIpc) is 2.78. The molecule has 0 unspecified atom stereocenters. The fourth-order valence-electron chi connectivity index (χ4n) is 1.74. The number of hydrogen-bond donors (Lipinski definition) is 1. The first kappa shape index (κ1) is 13.5. The highest BCUT2D eigenvalue weighted by Gasteiger charge is 2.15. The Morgan fingerprint density at radius 1 is 1.37 bits per heavy atom. The van der Waals surface area contributed by atoms with Crippen LogP contribution >= 0.6 is 11.3 Å². The molecule has 19 heavy (non-hydrogen) atoms. The van der Waals surface area contributed by atoms with Gasteiger partial charge in [0.25, 0.3) is 0 Å². The Morgan fingerprint density at radius 2 is 2.11 bits per heavy atom. The molecule has 0 spiro atoms. The van der Waals surface area contributed by atoms with E-state index in [1.807, 2.05) is 19.1 Å². The lowest BCUT2D eigenvalue weighted by atomic mass is 10.1. The number of aromatic nitrogens is 1. The van der Waals surface area contributed by atoms with Gasteiger partial charge in [-0.2, -0.15) is 0 Å². The van der Waals surface area contributed by atoms with Gasteiger partial charge in [-0.15, -0.1) is 11.3 Å². The molecule has 0 saturated heterocycles. The van der Waals surface area contributed by atoms with E-state index in [4.69, 9.17) is 0 Å². The zero-order valence-electron chi connectivity index (χ0n) is 11.2. The molecule has 0 aliphatic carbocycles. The molecule has 0 saturated carbocycles. The molecular weight excluding hydrogens is 260 g/mol. The van der Waals surface area contributed by atoms with Crippen LogP contribution in [0.5, 0.6) is 0 Å². The summed E-state index contributed by atoms with van der Waals surface area (Å²) in [6, 6.07) is 8.17. The van der Waals surface area contributed by atoms with E-state index in [2.05, 4.69) is 34.1 Å². The van der Waals surface area contributed by atoms with Gasteiger partial charge >= 0.3 is 5.97 Å². The maximum Gasteiger partial charge on any atom is 0.357 e. The number of carbonyl (C=O) groups is 1. The third kappa shape index (κ3) is 3.12. The van der Waals surface area contributed by atoms with Gasteiger partial charge in [-0.05, 0) is 25.0 Å². The van der Waals surface area contributed by atoms with Gasteiger partial charge in [-0.1, -0.05) is 24.3 Å². The van der Waals surface area contributed by atoms with E-state index in [0.29, 0.717) is 12.2 Å². The maximum absolute atomic E-state index is 11.5. The van der Waals surface area contributed by atoms with Crippen molar-refractivity contribution < 1.29 is 9.53 Å². The molecule has 2 rings (SSSR count). The summed E-state index contributed by atoms with van der Waals surface area (Å²) in [5.41, 5.74) is 2.84. The second-order valence-corrected chi connectivity index (χ2v) is 5.40. The van der Waals surface area contributed by atoms with E-state index >= 15 is 0 Å². The first-order chi connectivity index (χ1) is 9.11. The van der Waals surface area contributed by atoms with Crippen LogP contribution in [-0.2, 0) is 11.3 Å². The second-order valence-electron chi connectivity index (χ2n) is 4.20. The third-order valence-corrected chi connectivity index (χ3v) is 3.80. The Bertz CT molecular complexity index is 593. The summed E-state index contributed by atoms with van der Waals surface area (Å²) in [7, 11) is 1.36. The number of aryl methyl sites for hydroxylation is 2. The molecule has 0 bridgehead atoms. The Balaban J connectivity index is 2.09. The summed E-state index contributed by atoms with van der Waals surface area (Å²) in [6.45, 7) is 4.63. The molecule has 0 fully saturated rings. The minimum absolute atomic E-state index is 0.389. The van der Waals surface area contributed by atoms with Crippen LogP contribution < -0.4 is 5.32 Å². The van der Waals surface area contributed by atoms with Gasteiger partial charge in [0.2, 0.25) is 0 Å². The number of thiazole rings is 1. The van der Waals surface area contributed by atoms with Crippen molar-refractivity contribution in [3.8, 4) is 0 Å². The smallest absolute Gasteiger partial charge is 0.357 e. The van der Waals surface area contributed by atoms with Gasteiger partial charge < -0.3 is 10.1 Å². The molecule has 5 heteroatoms. The van der Waals surface area contributed by atoms with Crippen LogP contribution in [0.1, 0.15) is 26.5 Å². The Morgan fingerprint density at radius 3 is 2.79 bits per heavy atom. The molecule has 0 aliphatic rings. The molecule has 0 radical (unpaired) electrons. The Labute approximate surface area is 116 Å². The standard InChI is InChI=1S/C14H16N2O2S/c1-9-6-4-5-7-11(9)8-15-14-16-12(10(2)19-14)13(17)18-3/h4-7H,8H2,1-3H3,(H,15,16). The summed E-state index contributed by atoms with van der Waals surface area (Å²) in [5.74, 6) is -0.391. The van der Waals surface area contributed by atoms with E-state index in [0.717, 1.165) is 10.0 Å². The van der Waals surface area contributed by atoms with Crippen LogP contribution in [0.3, 0.4) is 0 Å². The second kappa shape index (κ2) is 5.84. The van der Waals surface area contributed by atoms with Gasteiger partial charge in [0.1, 0.15) is 0 Å². The normalized spacial score (nSPS) is 10.3. The molecule has 1 aromatic carbocycles. The number of methoxy groups -OCH3 is 1. The van der Waals surface area contributed by atoms with Gasteiger partial charge in [-0.3, -0.25) is 0 Å². The first-order valence-corrected chi connectivity index (χ1v) is 6.77. The fraction of sp³-hybridized carbons (Fsp3) is 0.286. The van der Waals surface area contributed by atoms with Gasteiger partial charge in [-0.25, -0.2) is 9.78 Å². The number of rotatable bonds is 4. The quantitative estimate of drug-likeness (QED) is 0.872. The molecule has 100 valence electrons. The fourth-order valence-corrected chi connectivity index (χ4v) is 2.53. The van der Waals surface area contributed by atoms with Crippen LogP contribution in [0, 0.1) is 13.8 Å². The third-order valence-electron chi connectivity index (χ3n) is 2.87. The Hall–Kier alpha value is -1.88. The predicted octanol–water partition coefficient (Wildman–Crippen LogP) is 3.16. The summed E-state index contributed by atoms with van der Waals surface area (Å²) < 4.78 is 4.69. The molecular formula is C14H16N2O2S. The minimum Gasteiger partial charge on any atom is -0.464 e. The molecule has 1 heterocycles. The molecule has 2 aromatic rings. The highest BCUT2D eigenvalue weighted by molar-refractivity contribution is 7.15. The molecule has 1 aromatic heterocycles. The van der Waals surface area contributed by atoms with Crippen molar-refractivity contribution in [2.75, 3.05) is 12.4 Å². The van der Waals surface area contributed by atoms with Crippen LogP contribution in [0.4, 0.5) is 5.13 Å². The van der Waals surface area contributed by atoms with E-state index in [1.54, 1.807) is 0 Å². The monoisotopic (exact) mass is 276 g/mol. The number of esters is 1. The first-order valence-electron chi connectivity index (χ1n) is 5.96. The number of ether oxygens (including phenoxy) is 1. The maximum atomic E-state index is 11.5. The van der Waals surface area contributed by atoms with Crippen molar-refractivity contribution in [3.63, 3.8) is 0 Å². The van der Waals surface area contributed by atoms with Crippen molar-refractivity contribution in [2.45, 2.75) is 20.4 Å². The number of anilines is 1. The van der Waals surface area contributed by atoms with Gasteiger partial charge in [0.15, 0.2) is 10.8 Å². The highest BCUT2D eigenvalue weighted by Crippen LogP contribution is 2.23. The van der Waals surface area contributed by atoms with E-state index in [1.165, 1.54) is 29.6 Å². The van der Waals surface area contributed by atoms with E-state index < -0.39 is 5.97 Å². The SMILES string of the molecule is COC(=O)c1nc(NCc2ccccc2C)sc1C. The number of hydrogen-bond acceptors (Lipinski definition) is 5. The summed E-state index contributed by atoms with van der Waals surface area (Å²) >= 11 is 1.46. The van der Waals surface area contributed by atoms with Crippen molar-refractivity contribution in [3.05, 3.63) is 46.0 Å². The van der Waals surface area contributed by atoms with E-state index in [-0.39, 0.29) is 0 Å².